The highest BCUT2D eigenvalue weighted by molar-refractivity contribution is 5.94. The molecule has 1 N–H and O–H groups in total. The molecule has 0 bridgehead atoms. The lowest BCUT2D eigenvalue weighted by Gasteiger charge is -2.15. The standard InChI is InChI=1S/C19H23NO2/c1-3-4-8-15-11-13-17(14-12-15)20-19(21)18(22-2)16-9-6-5-7-10-16/h5-7,9-14,18H,3-4,8H2,1-2H3,(H,20,21)/t18-/m1/s1. The Morgan fingerprint density at radius 2 is 1.77 bits per heavy atom. The molecule has 22 heavy (non-hydrogen) atoms. The number of ether oxygens (including phenoxy) is 1. The number of hydrogen-bond acceptors (Lipinski definition) is 2. The summed E-state index contributed by atoms with van der Waals surface area (Å²) in [6, 6.07) is 17.5. The van der Waals surface area contributed by atoms with Gasteiger partial charge in [0, 0.05) is 12.8 Å². The van der Waals surface area contributed by atoms with E-state index in [1.807, 2.05) is 42.5 Å². The molecule has 0 heterocycles. The van der Waals surface area contributed by atoms with Gasteiger partial charge < -0.3 is 10.1 Å². The molecule has 3 nitrogen and oxygen atoms in total. The van der Waals surface area contributed by atoms with Gasteiger partial charge in [0.15, 0.2) is 6.10 Å². The molecule has 0 aliphatic rings. The fraction of sp³-hybridized carbons (Fsp3) is 0.316. The van der Waals surface area contributed by atoms with Crippen LogP contribution in [0.4, 0.5) is 5.69 Å². The maximum atomic E-state index is 12.4. The average Bonchev–Trinajstić information content (AvgIpc) is 2.56. The minimum atomic E-state index is -0.596. The third-order valence-electron chi connectivity index (χ3n) is 3.62. The van der Waals surface area contributed by atoms with Crippen molar-refractivity contribution in [2.75, 3.05) is 12.4 Å². The van der Waals surface area contributed by atoms with Crippen molar-refractivity contribution in [3.63, 3.8) is 0 Å². The number of anilines is 1. The van der Waals surface area contributed by atoms with Crippen LogP contribution in [0.3, 0.4) is 0 Å². The zero-order chi connectivity index (χ0) is 15.8. The van der Waals surface area contributed by atoms with Crippen LogP contribution in [0.2, 0.25) is 0 Å². The summed E-state index contributed by atoms with van der Waals surface area (Å²) in [6.45, 7) is 2.18. The number of benzene rings is 2. The predicted molar refractivity (Wildman–Crippen MR) is 89.9 cm³/mol. The largest absolute Gasteiger partial charge is 0.367 e. The zero-order valence-corrected chi connectivity index (χ0v) is 13.2. The Kier molecular flexibility index (Phi) is 6.16. The van der Waals surface area contributed by atoms with Crippen LogP contribution in [-0.4, -0.2) is 13.0 Å². The molecular weight excluding hydrogens is 274 g/mol. The van der Waals surface area contributed by atoms with Gasteiger partial charge in [-0.15, -0.1) is 0 Å². The summed E-state index contributed by atoms with van der Waals surface area (Å²) < 4.78 is 5.34. The molecular formula is C19H23NO2. The van der Waals surface area contributed by atoms with E-state index in [-0.39, 0.29) is 5.91 Å². The van der Waals surface area contributed by atoms with Crippen molar-refractivity contribution >= 4 is 11.6 Å². The lowest BCUT2D eigenvalue weighted by atomic mass is 10.1. The van der Waals surface area contributed by atoms with E-state index in [0.29, 0.717) is 0 Å². The van der Waals surface area contributed by atoms with Crippen molar-refractivity contribution in [1.29, 1.82) is 0 Å². The molecule has 0 fully saturated rings. The van der Waals surface area contributed by atoms with E-state index in [1.54, 1.807) is 7.11 Å². The second-order valence-electron chi connectivity index (χ2n) is 5.32. The minimum Gasteiger partial charge on any atom is -0.367 e. The van der Waals surface area contributed by atoms with Crippen molar-refractivity contribution in [1.82, 2.24) is 0 Å². The molecule has 1 atom stereocenters. The van der Waals surface area contributed by atoms with E-state index in [4.69, 9.17) is 4.74 Å². The first-order valence-corrected chi connectivity index (χ1v) is 7.72. The number of unbranched alkanes of at least 4 members (excludes halogenated alkanes) is 1. The van der Waals surface area contributed by atoms with Gasteiger partial charge in [-0.05, 0) is 36.1 Å². The minimum absolute atomic E-state index is 0.157. The summed E-state index contributed by atoms with van der Waals surface area (Å²) in [5.41, 5.74) is 2.94. The highest BCUT2D eigenvalue weighted by Gasteiger charge is 2.19. The molecule has 1 amide bonds. The molecule has 3 heteroatoms. The van der Waals surface area contributed by atoms with E-state index in [1.165, 1.54) is 18.4 Å². The monoisotopic (exact) mass is 297 g/mol. The van der Waals surface area contributed by atoms with Crippen molar-refractivity contribution in [2.45, 2.75) is 32.3 Å². The highest BCUT2D eigenvalue weighted by atomic mass is 16.5. The van der Waals surface area contributed by atoms with Crippen LogP contribution < -0.4 is 5.32 Å². The van der Waals surface area contributed by atoms with Crippen molar-refractivity contribution < 1.29 is 9.53 Å². The van der Waals surface area contributed by atoms with E-state index in [0.717, 1.165) is 17.7 Å². The predicted octanol–water partition coefficient (Wildman–Crippen LogP) is 4.36. The number of amides is 1. The molecule has 0 saturated heterocycles. The van der Waals surface area contributed by atoms with Crippen molar-refractivity contribution in [2.24, 2.45) is 0 Å². The number of methoxy groups -OCH3 is 1. The summed E-state index contributed by atoms with van der Waals surface area (Å²) in [5.74, 6) is -0.157. The van der Waals surface area contributed by atoms with Crippen LogP contribution in [0, 0.1) is 0 Å². The van der Waals surface area contributed by atoms with Crippen LogP contribution >= 0.6 is 0 Å². The Morgan fingerprint density at radius 1 is 1.09 bits per heavy atom. The number of rotatable bonds is 7. The number of hydrogen-bond donors (Lipinski definition) is 1. The van der Waals surface area contributed by atoms with Gasteiger partial charge in [-0.2, -0.15) is 0 Å². The first kappa shape index (κ1) is 16.2. The summed E-state index contributed by atoms with van der Waals surface area (Å²) in [4.78, 5) is 12.4. The van der Waals surface area contributed by atoms with Crippen LogP contribution in [0.1, 0.15) is 37.0 Å². The van der Waals surface area contributed by atoms with E-state index >= 15 is 0 Å². The van der Waals surface area contributed by atoms with E-state index in [2.05, 4.69) is 24.4 Å². The van der Waals surface area contributed by atoms with Gasteiger partial charge in [0.1, 0.15) is 0 Å². The average molecular weight is 297 g/mol. The first-order valence-electron chi connectivity index (χ1n) is 7.72. The second kappa shape index (κ2) is 8.35. The molecule has 116 valence electrons. The third kappa shape index (κ3) is 4.43. The van der Waals surface area contributed by atoms with Crippen molar-refractivity contribution in [3.8, 4) is 0 Å². The molecule has 0 aliphatic heterocycles. The molecule has 0 spiro atoms. The Labute approximate surface area is 132 Å². The van der Waals surface area contributed by atoms with Gasteiger partial charge in [0.05, 0.1) is 0 Å². The Bertz CT molecular complexity index is 578. The molecule has 0 radical (unpaired) electrons. The zero-order valence-electron chi connectivity index (χ0n) is 13.2. The topological polar surface area (TPSA) is 38.3 Å². The summed E-state index contributed by atoms with van der Waals surface area (Å²) in [7, 11) is 1.55. The van der Waals surface area contributed by atoms with Crippen molar-refractivity contribution in [3.05, 3.63) is 65.7 Å². The number of nitrogens with one attached hydrogen (secondary N) is 1. The molecule has 0 aromatic heterocycles. The number of carbonyl (C=O) groups is 1. The molecule has 2 aromatic carbocycles. The molecule has 0 unspecified atom stereocenters. The SMILES string of the molecule is CCCCc1ccc(NC(=O)[C@H](OC)c2ccccc2)cc1. The number of carbonyl (C=O) groups excluding carboxylic acids is 1. The number of aryl methyl sites for hydroxylation is 1. The lowest BCUT2D eigenvalue weighted by Crippen LogP contribution is -2.22. The first-order chi connectivity index (χ1) is 10.7. The molecule has 0 aliphatic carbocycles. The summed E-state index contributed by atoms with van der Waals surface area (Å²) >= 11 is 0. The molecule has 0 saturated carbocycles. The van der Waals surface area contributed by atoms with Gasteiger partial charge in [0.25, 0.3) is 5.91 Å². The Hall–Kier alpha value is -2.13. The van der Waals surface area contributed by atoms with Gasteiger partial charge in [-0.3, -0.25) is 4.79 Å². The molecule has 2 aromatic rings. The van der Waals surface area contributed by atoms with Crippen LogP contribution in [-0.2, 0) is 16.0 Å². The Morgan fingerprint density at radius 3 is 2.36 bits per heavy atom. The second-order valence-corrected chi connectivity index (χ2v) is 5.32. The smallest absolute Gasteiger partial charge is 0.258 e. The van der Waals surface area contributed by atoms with Gasteiger partial charge in [0.2, 0.25) is 0 Å². The van der Waals surface area contributed by atoms with E-state index < -0.39 is 6.10 Å². The quantitative estimate of drug-likeness (QED) is 0.825. The van der Waals surface area contributed by atoms with Gasteiger partial charge in [-0.1, -0.05) is 55.8 Å². The lowest BCUT2D eigenvalue weighted by molar-refractivity contribution is -0.126. The summed E-state index contributed by atoms with van der Waals surface area (Å²) in [5, 5.41) is 2.91. The van der Waals surface area contributed by atoms with Crippen LogP contribution in [0.15, 0.2) is 54.6 Å². The van der Waals surface area contributed by atoms with E-state index in [9.17, 15) is 4.79 Å². The highest BCUT2D eigenvalue weighted by Crippen LogP contribution is 2.19. The fourth-order valence-corrected chi connectivity index (χ4v) is 2.37. The van der Waals surface area contributed by atoms with Crippen LogP contribution in [0.25, 0.3) is 0 Å². The normalized spacial score (nSPS) is 11.9. The fourth-order valence-electron chi connectivity index (χ4n) is 2.37. The maximum Gasteiger partial charge on any atom is 0.258 e. The van der Waals surface area contributed by atoms with Gasteiger partial charge in [-0.25, -0.2) is 0 Å². The maximum absolute atomic E-state index is 12.4. The summed E-state index contributed by atoms with van der Waals surface area (Å²) in [6.07, 6.45) is 2.85. The molecule has 2 rings (SSSR count). The van der Waals surface area contributed by atoms with Gasteiger partial charge >= 0.3 is 0 Å². The Balaban J connectivity index is 2.01. The van der Waals surface area contributed by atoms with Crippen LogP contribution in [0.5, 0.6) is 0 Å². The third-order valence-corrected chi connectivity index (χ3v) is 3.62.